The van der Waals surface area contributed by atoms with Gasteiger partial charge in [-0.15, -0.1) is 0 Å². The molecule has 0 aliphatic heterocycles. The number of anilines is 1. The predicted octanol–water partition coefficient (Wildman–Crippen LogP) is 2.54. The van der Waals surface area contributed by atoms with Crippen LogP contribution >= 0.6 is 0 Å². The van der Waals surface area contributed by atoms with Gasteiger partial charge in [-0.25, -0.2) is 4.68 Å². The van der Waals surface area contributed by atoms with Gasteiger partial charge in [-0.05, 0) is 18.2 Å². The maximum atomic E-state index is 13.0. The van der Waals surface area contributed by atoms with Crippen LogP contribution in [0.25, 0.3) is 21.8 Å². The van der Waals surface area contributed by atoms with E-state index in [0.29, 0.717) is 22.7 Å². The van der Waals surface area contributed by atoms with Crippen LogP contribution in [0.4, 0.5) is 5.69 Å². The Kier molecular flexibility index (Phi) is 4.67. The van der Waals surface area contributed by atoms with Crippen molar-refractivity contribution in [1.82, 2.24) is 14.3 Å². The second kappa shape index (κ2) is 7.31. The Labute approximate surface area is 166 Å². The molecule has 2 aromatic heterocycles. The van der Waals surface area contributed by atoms with Crippen LogP contribution in [0, 0.1) is 0 Å². The number of rotatable bonds is 5. The Morgan fingerprint density at radius 1 is 1.07 bits per heavy atom. The van der Waals surface area contributed by atoms with Crippen molar-refractivity contribution >= 4 is 33.4 Å². The zero-order chi connectivity index (χ0) is 20.5. The monoisotopic (exact) mass is 392 g/mol. The van der Waals surface area contributed by atoms with Crippen LogP contribution < -0.4 is 20.3 Å². The fourth-order valence-corrected chi connectivity index (χ4v) is 3.48. The van der Waals surface area contributed by atoms with Crippen molar-refractivity contribution in [2.24, 2.45) is 7.05 Å². The molecule has 29 heavy (non-hydrogen) atoms. The maximum absolute atomic E-state index is 13.0. The molecule has 0 radical (unpaired) electrons. The molecule has 0 spiro atoms. The summed E-state index contributed by atoms with van der Waals surface area (Å²) in [5.74, 6) is 0.687. The van der Waals surface area contributed by atoms with Gasteiger partial charge in [0.25, 0.3) is 5.56 Å². The quantitative estimate of drug-likeness (QED) is 0.564. The number of fused-ring (bicyclic) bond motifs is 3. The number of nitrogens with zero attached hydrogens (tertiary/aromatic N) is 3. The minimum absolute atomic E-state index is 0.204. The zero-order valence-electron chi connectivity index (χ0n) is 16.3. The van der Waals surface area contributed by atoms with Crippen molar-refractivity contribution < 1.29 is 14.3 Å². The average molecular weight is 392 g/mol. The first kappa shape index (κ1) is 18.5. The summed E-state index contributed by atoms with van der Waals surface area (Å²) in [6.07, 6.45) is 1.63. The van der Waals surface area contributed by atoms with Gasteiger partial charge in [-0.2, -0.15) is 5.10 Å². The van der Waals surface area contributed by atoms with E-state index in [1.807, 2.05) is 35.9 Å². The van der Waals surface area contributed by atoms with E-state index in [1.54, 1.807) is 24.4 Å². The van der Waals surface area contributed by atoms with Gasteiger partial charge in [0.15, 0.2) is 11.5 Å². The Morgan fingerprint density at radius 2 is 1.83 bits per heavy atom. The van der Waals surface area contributed by atoms with Crippen molar-refractivity contribution in [3.8, 4) is 11.5 Å². The van der Waals surface area contributed by atoms with E-state index >= 15 is 0 Å². The molecule has 2 aromatic carbocycles. The molecular weight excluding hydrogens is 372 g/mol. The summed E-state index contributed by atoms with van der Waals surface area (Å²) >= 11 is 0. The lowest BCUT2D eigenvalue weighted by Gasteiger charge is -2.11. The van der Waals surface area contributed by atoms with Gasteiger partial charge in [-0.3, -0.25) is 9.59 Å². The van der Waals surface area contributed by atoms with E-state index in [1.165, 1.54) is 14.2 Å². The van der Waals surface area contributed by atoms with Crippen molar-refractivity contribution in [2.45, 2.75) is 6.54 Å². The Hall–Kier alpha value is -3.81. The van der Waals surface area contributed by atoms with Gasteiger partial charge in [0.1, 0.15) is 12.1 Å². The predicted molar refractivity (Wildman–Crippen MR) is 111 cm³/mol. The van der Waals surface area contributed by atoms with E-state index in [2.05, 4.69) is 10.4 Å². The molecule has 1 N–H and O–H groups in total. The highest BCUT2D eigenvalue weighted by atomic mass is 16.5. The molecule has 4 rings (SSSR count). The van der Waals surface area contributed by atoms with Crippen LogP contribution in [0.15, 0.2) is 53.5 Å². The first-order chi connectivity index (χ1) is 14.0. The van der Waals surface area contributed by atoms with Crippen molar-refractivity contribution in [1.29, 1.82) is 0 Å². The topological polar surface area (TPSA) is 87.4 Å². The molecule has 1 amide bonds. The molecule has 4 aromatic rings. The molecule has 148 valence electrons. The van der Waals surface area contributed by atoms with Gasteiger partial charge < -0.3 is 19.4 Å². The van der Waals surface area contributed by atoms with Gasteiger partial charge >= 0.3 is 0 Å². The molecule has 8 heteroatoms. The molecule has 0 bridgehead atoms. The molecule has 8 nitrogen and oxygen atoms in total. The lowest BCUT2D eigenvalue weighted by Crippen LogP contribution is -2.30. The number of hydrogen-bond acceptors (Lipinski definition) is 5. The lowest BCUT2D eigenvalue weighted by atomic mass is 10.2. The van der Waals surface area contributed by atoms with Gasteiger partial charge in [-0.1, -0.05) is 18.2 Å². The van der Waals surface area contributed by atoms with Crippen LogP contribution in [-0.2, 0) is 18.4 Å². The minimum atomic E-state index is -0.370. The fraction of sp³-hybridized carbons (Fsp3) is 0.190. The second-order valence-corrected chi connectivity index (χ2v) is 6.56. The second-order valence-electron chi connectivity index (χ2n) is 6.56. The average Bonchev–Trinajstić information content (AvgIpc) is 3.03. The number of ether oxygens (including phenoxy) is 2. The maximum Gasteiger partial charge on any atom is 0.291 e. The van der Waals surface area contributed by atoms with Crippen LogP contribution in [0.3, 0.4) is 0 Å². The molecule has 0 saturated heterocycles. The van der Waals surface area contributed by atoms with E-state index < -0.39 is 0 Å². The fourth-order valence-electron chi connectivity index (χ4n) is 3.48. The smallest absolute Gasteiger partial charge is 0.291 e. The SMILES string of the molecule is COc1ccc(NC(=O)Cn2ncc3c4ccccc4n(C)c3c2=O)cc1OC. The molecule has 0 unspecified atom stereocenters. The molecule has 0 fully saturated rings. The number of amides is 1. The number of carbonyl (C=O) groups excluding carboxylic acids is 1. The van der Waals surface area contributed by atoms with E-state index in [0.717, 1.165) is 21.0 Å². The van der Waals surface area contributed by atoms with Crippen LogP contribution in [0.5, 0.6) is 11.5 Å². The number of aromatic nitrogens is 3. The summed E-state index contributed by atoms with van der Waals surface area (Å²) in [5, 5.41) is 8.67. The number of carbonyl (C=O) groups is 1. The van der Waals surface area contributed by atoms with Crippen molar-refractivity contribution in [2.75, 3.05) is 19.5 Å². The number of benzene rings is 2. The summed E-state index contributed by atoms with van der Waals surface area (Å²) in [5.41, 5.74) is 1.67. The van der Waals surface area contributed by atoms with E-state index in [4.69, 9.17) is 9.47 Å². The van der Waals surface area contributed by atoms with Crippen molar-refractivity contribution in [3.63, 3.8) is 0 Å². The Morgan fingerprint density at radius 3 is 2.59 bits per heavy atom. The summed E-state index contributed by atoms with van der Waals surface area (Å²) in [7, 11) is 4.89. The van der Waals surface area contributed by atoms with E-state index in [-0.39, 0.29) is 18.0 Å². The molecule has 0 aliphatic rings. The number of para-hydroxylation sites is 1. The molecule has 0 aliphatic carbocycles. The van der Waals surface area contributed by atoms with Crippen LogP contribution in [0.1, 0.15) is 0 Å². The number of methoxy groups -OCH3 is 2. The zero-order valence-corrected chi connectivity index (χ0v) is 16.3. The first-order valence-electron chi connectivity index (χ1n) is 8.98. The number of nitrogens with one attached hydrogen (secondary N) is 1. The molecule has 0 saturated carbocycles. The Bertz CT molecular complexity index is 1290. The number of hydrogen-bond donors (Lipinski definition) is 1. The van der Waals surface area contributed by atoms with Gasteiger partial charge in [0, 0.05) is 35.1 Å². The van der Waals surface area contributed by atoms with Crippen LogP contribution in [-0.4, -0.2) is 34.5 Å². The molecular formula is C21H20N4O4. The molecule has 2 heterocycles. The molecule has 0 atom stereocenters. The lowest BCUT2D eigenvalue weighted by molar-refractivity contribution is -0.117. The third-order valence-electron chi connectivity index (χ3n) is 4.87. The van der Waals surface area contributed by atoms with E-state index in [9.17, 15) is 9.59 Å². The third-order valence-corrected chi connectivity index (χ3v) is 4.87. The summed E-state index contributed by atoms with van der Waals surface area (Å²) in [6.45, 7) is -0.204. The first-order valence-corrected chi connectivity index (χ1v) is 8.98. The number of aryl methyl sites for hydroxylation is 1. The largest absolute Gasteiger partial charge is 0.493 e. The summed E-state index contributed by atoms with van der Waals surface area (Å²) < 4.78 is 13.4. The van der Waals surface area contributed by atoms with Crippen LogP contribution in [0.2, 0.25) is 0 Å². The highest BCUT2D eigenvalue weighted by Gasteiger charge is 2.15. The highest BCUT2D eigenvalue weighted by Crippen LogP contribution is 2.29. The van der Waals surface area contributed by atoms with Gasteiger partial charge in [0.2, 0.25) is 5.91 Å². The van der Waals surface area contributed by atoms with Crippen molar-refractivity contribution in [3.05, 3.63) is 59.0 Å². The Balaban J connectivity index is 1.63. The minimum Gasteiger partial charge on any atom is -0.493 e. The normalized spacial score (nSPS) is 11.0. The third kappa shape index (κ3) is 3.18. The highest BCUT2D eigenvalue weighted by molar-refractivity contribution is 6.07. The summed E-state index contributed by atoms with van der Waals surface area (Å²) in [6, 6.07) is 12.8. The van der Waals surface area contributed by atoms with Gasteiger partial charge in [0.05, 0.1) is 20.4 Å². The standard InChI is InChI=1S/C21H20N4O4/c1-24-16-7-5-4-6-14(16)15-11-22-25(21(27)20(15)24)12-19(26)23-13-8-9-17(28-2)18(10-13)29-3/h4-11H,12H2,1-3H3,(H,23,26). The summed E-state index contributed by atoms with van der Waals surface area (Å²) in [4.78, 5) is 25.4.